The second-order valence-corrected chi connectivity index (χ2v) is 5.31. The standard InChI is InChI=1S/C15H22O2/c1-5-17-11-13(15(2,3)4)14(16)12-9-7-6-8-10-12/h6-10,13H,5,11H2,1-4H3. The summed E-state index contributed by atoms with van der Waals surface area (Å²) in [6.45, 7) is 9.33. The lowest BCUT2D eigenvalue weighted by molar-refractivity contribution is 0.0487. The molecule has 17 heavy (non-hydrogen) atoms. The zero-order chi connectivity index (χ0) is 12.9. The van der Waals surface area contributed by atoms with E-state index in [4.69, 9.17) is 4.74 Å². The van der Waals surface area contributed by atoms with Crippen molar-refractivity contribution in [2.45, 2.75) is 27.7 Å². The van der Waals surface area contributed by atoms with Gasteiger partial charge in [-0.3, -0.25) is 4.79 Å². The predicted octanol–water partition coefficient (Wildman–Crippen LogP) is 3.57. The monoisotopic (exact) mass is 234 g/mol. The summed E-state index contributed by atoms with van der Waals surface area (Å²) in [6, 6.07) is 9.45. The average Bonchev–Trinajstić information content (AvgIpc) is 2.29. The fourth-order valence-electron chi connectivity index (χ4n) is 1.76. The Kier molecular flexibility index (Phi) is 4.88. The van der Waals surface area contributed by atoms with E-state index in [9.17, 15) is 4.79 Å². The first-order valence-corrected chi connectivity index (χ1v) is 6.13. The van der Waals surface area contributed by atoms with Crippen LogP contribution in [-0.4, -0.2) is 19.0 Å². The van der Waals surface area contributed by atoms with E-state index in [1.54, 1.807) is 0 Å². The summed E-state index contributed by atoms with van der Waals surface area (Å²) in [5.41, 5.74) is 0.689. The minimum Gasteiger partial charge on any atom is -0.381 e. The number of hydrogen-bond acceptors (Lipinski definition) is 2. The number of Topliss-reactive ketones (excluding diaryl/α,β-unsaturated/α-hetero) is 1. The van der Waals surface area contributed by atoms with Crippen LogP contribution < -0.4 is 0 Å². The van der Waals surface area contributed by atoms with Crippen LogP contribution in [0.3, 0.4) is 0 Å². The largest absolute Gasteiger partial charge is 0.381 e. The molecule has 1 unspecified atom stereocenters. The van der Waals surface area contributed by atoms with Crippen molar-refractivity contribution in [3.63, 3.8) is 0 Å². The first kappa shape index (κ1) is 13.9. The number of ether oxygens (including phenoxy) is 1. The molecule has 0 fully saturated rings. The van der Waals surface area contributed by atoms with Gasteiger partial charge in [-0.25, -0.2) is 0 Å². The molecule has 0 aliphatic rings. The Balaban J connectivity index is 2.87. The summed E-state index contributed by atoms with van der Waals surface area (Å²) in [6.07, 6.45) is 0. The maximum atomic E-state index is 12.4. The predicted molar refractivity (Wildman–Crippen MR) is 70.2 cm³/mol. The first-order valence-electron chi connectivity index (χ1n) is 6.13. The van der Waals surface area contributed by atoms with Crippen molar-refractivity contribution in [2.75, 3.05) is 13.2 Å². The molecule has 0 radical (unpaired) electrons. The van der Waals surface area contributed by atoms with Gasteiger partial charge in [0.2, 0.25) is 0 Å². The van der Waals surface area contributed by atoms with Crippen LogP contribution in [0, 0.1) is 11.3 Å². The van der Waals surface area contributed by atoms with Gasteiger partial charge in [0, 0.05) is 12.2 Å². The third-order valence-corrected chi connectivity index (χ3v) is 2.91. The Labute approximate surface area is 104 Å². The Morgan fingerprint density at radius 2 is 1.82 bits per heavy atom. The molecule has 0 heterocycles. The number of benzene rings is 1. The van der Waals surface area contributed by atoms with Gasteiger partial charge in [0.1, 0.15) is 0 Å². The van der Waals surface area contributed by atoms with Crippen LogP contribution in [0.15, 0.2) is 30.3 Å². The fourth-order valence-corrected chi connectivity index (χ4v) is 1.76. The van der Waals surface area contributed by atoms with Crippen molar-refractivity contribution >= 4 is 5.78 Å². The molecule has 94 valence electrons. The molecule has 0 saturated heterocycles. The van der Waals surface area contributed by atoms with Gasteiger partial charge in [0.05, 0.1) is 12.5 Å². The number of rotatable bonds is 5. The van der Waals surface area contributed by atoms with E-state index in [2.05, 4.69) is 20.8 Å². The van der Waals surface area contributed by atoms with Crippen molar-refractivity contribution < 1.29 is 9.53 Å². The summed E-state index contributed by atoms with van der Waals surface area (Å²) in [5, 5.41) is 0. The molecule has 0 spiro atoms. The van der Waals surface area contributed by atoms with Crippen molar-refractivity contribution in [3.05, 3.63) is 35.9 Å². The van der Waals surface area contributed by atoms with Crippen molar-refractivity contribution in [1.29, 1.82) is 0 Å². The van der Waals surface area contributed by atoms with Gasteiger partial charge in [0.25, 0.3) is 0 Å². The zero-order valence-electron chi connectivity index (χ0n) is 11.2. The van der Waals surface area contributed by atoms with Crippen LogP contribution in [0.5, 0.6) is 0 Å². The quantitative estimate of drug-likeness (QED) is 0.728. The maximum absolute atomic E-state index is 12.4. The summed E-state index contributed by atoms with van der Waals surface area (Å²) < 4.78 is 5.44. The van der Waals surface area contributed by atoms with Gasteiger partial charge in [-0.15, -0.1) is 0 Å². The molecule has 1 atom stereocenters. The normalized spacial score (nSPS) is 13.4. The Morgan fingerprint density at radius 3 is 2.29 bits per heavy atom. The highest BCUT2D eigenvalue weighted by atomic mass is 16.5. The van der Waals surface area contributed by atoms with Gasteiger partial charge >= 0.3 is 0 Å². The second-order valence-electron chi connectivity index (χ2n) is 5.31. The lowest BCUT2D eigenvalue weighted by atomic mass is 9.77. The summed E-state index contributed by atoms with van der Waals surface area (Å²) in [5.74, 6) is 0.0800. The number of ketones is 1. The Bertz CT molecular complexity index is 349. The minimum absolute atomic E-state index is 0.0813. The van der Waals surface area contributed by atoms with Crippen molar-refractivity contribution in [2.24, 2.45) is 11.3 Å². The fraction of sp³-hybridized carbons (Fsp3) is 0.533. The average molecular weight is 234 g/mol. The van der Waals surface area contributed by atoms with Crippen LogP contribution in [0.25, 0.3) is 0 Å². The molecule has 0 aliphatic carbocycles. The van der Waals surface area contributed by atoms with Crippen LogP contribution in [0.4, 0.5) is 0 Å². The van der Waals surface area contributed by atoms with E-state index >= 15 is 0 Å². The van der Waals surface area contributed by atoms with Crippen molar-refractivity contribution in [1.82, 2.24) is 0 Å². The zero-order valence-corrected chi connectivity index (χ0v) is 11.2. The Morgan fingerprint density at radius 1 is 1.24 bits per heavy atom. The molecule has 0 bridgehead atoms. The number of carbonyl (C=O) groups is 1. The summed E-state index contributed by atoms with van der Waals surface area (Å²) in [7, 11) is 0. The maximum Gasteiger partial charge on any atom is 0.168 e. The molecule has 0 amide bonds. The van der Waals surface area contributed by atoms with Gasteiger partial charge in [-0.2, -0.15) is 0 Å². The third kappa shape index (κ3) is 3.97. The molecular formula is C15H22O2. The number of hydrogen-bond donors (Lipinski definition) is 0. The summed E-state index contributed by atoms with van der Waals surface area (Å²) in [4.78, 5) is 12.4. The second kappa shape index (κ2) is 5.97. The SMILES string of the molecule is CCOCC(C(=O)c1ccccc1)C(C)(C)C. The highest BCUT2D eigenvalue weighted by molar-refractivity contribution is 5.98. The minimum atomic E-state index is -0.0927. The molecule has 1 rings (SSSR count). The molecule has 2 heteroatoms. The molecule has 0 aromatic heterocycles. The Hall–Kier alpha value is -1.15. The van der Waals surface area contributed by atoms with E-state index in [0.29, 0.717) is 13.2 Å². The lowest BCUT2D eigenvalue weighted by Gasteiger charge is -2.29. The van der Waals surface area contributed by atoms with Crippen LogP contribution in [0.2, 0.25) is 0 Å². The first-order chi connectivity index (χ1) is 7.96. The topological polar surface area (TPSA) is 26.3 Å². The van der Waals surface area contributed by atoms with E-state index in [0.717, 1.165) is 5.56 Å². The molecule has 0 aliphatic heterocycles. The van der Waals surface area contributed by atoms with Crippen molar-refractivity contribution in [3.8, 4) is 0 Å². The van der Waals surface area contributed by atoms with E-state index < -0.39 is 0 Å². The highest BCUT2D eigenvalue weighted by Gasteiger charge is 2.31. The van der Waals surface area contributed by atoms with Crippen LogP contribution in [-0.2, 0) is 4.74 Å². The van der Waals surface area contributed by atoms with Gasteiger partial charge in [-0.1, -0.05) is 51.1 Å². The summed E-state index contributed by atoms with van der Waals surface area (Å²) >= 11 is 0. The smallest absolute Gasteiger partial charge is 0.168 e. The van der Waals surface area contributed by atoms with Gasteiger partial charge in [-0.05, 0) is 12.3 Å². The highest BCUT2D eigenvalue weighted by Crippen LogP contribution is 2.29. The van der Waals surface area contributed by atoms with E-state index in [1.807, 2.05) is 37.3 Å². The van der Waals surface area contributed by atoms with E-state index in [-0.39, 0.29) is 17.1 Å². The molecule has 0 saturated carbocycles. The molecule has 0 N–H and O–H groups in total. The lowest BCUT2D eigenvalue weighted by Crippen LogP contribution is -2.32. The van der Waals surface area contributed by atoms with E-state index in [1.165, 1.54) is 0 Å². The van der Waals surface area contributed by atoms with Gasteiger partial charge < -0.3 is 4.74 Å². The molecule has 1 aromatic carbocycles. The third-order valence-electron chi connectivity index (χ3n) is 2.91. The molecule has 2 nitrogen and oxygen atoms in total. The number of carbonyl (C=O) groups excluding carboxylic acids is 1. The van der Waals surface area contributed by atoms with Crippen LogP contribution >= 0.6 is 0 Å². The molecule has 1 aromatic rings. The molecular weight excluding hydrogens is 212 g/mol. The van der Waals surface area contributed by atoms with Gasteiger partial charge in [0.15, 0.2) is 5.78 Å². The van der Waals surface area contributed by atoms with Crippen LogP contribution in [0.1, 0.15) is 38.1 Å².